The predicted octanol–water partition coefficient (Wildman–Crippen LogP) is 4.62. The molecule has 0 atom stereocenters. The van der Waals surface area contributed by atoms with Crippen molar-refractivity contribution in [2.24, 2.45) is 10.7 Å². The molecule has 0 saturated heterocycles. The van der Waals surface area contributed by atoms with Crippen LogP contribution in [0.15, 0.2) is 65.0 Å². The highest BCUT2D eigenvalue weighted by Gasteiger charge is 2.05. The largest absolute Gasteiger partial charge is 0.380 e. The van der Waals surface area contributed by atoms with Gasteiger partial charge in [0.2, 0.25) is 0 Å². The number of nitrogens with one attached hydrogen (secondary N) is 1. The summed E-state index contributed by atoms with van der Waals surface area (Å²) in [6.45, 7) is 0.987. The molecule has 28 heavy (non-hydrogen) atoms. The average Bonchev–Trinajstić information content (AvgIpc) is 3.15. The van der Waals surface area contributed by atoms with Crippen molar-refractivity contribution in [1.82, 2.24) is 4.98 Å². The van der Waals surface area contributed by atoms with E-state index in [2.05, 4.69) is 44.9 Å². The Labute approximate surface area is 187 Å². The highest BCUT2D eigenvalue weighted by molar-refractivity contribution is 14.0. The molecule has 2 aromatic carbocycles. The van der Waals surface area contributed by atoms with Gasteiger partial charge in [-0.3, -0.25) is 0 Å². The number of anilines is 1. The molecule has 148 valence electrons. The number of hydrogen-bond acceptors (Lipinski definition) is 4. The SMILES string of the molecule is COCc1ccccc1NC(N)=NCc1csc(CCc2ccccc2)n1.I. The topological polar surface area (TPSA) is 72.5 Å². The number of nitrogens with zero attached hydrogens (tertiary/aromatic N) is 2. The number of nitrogens with two attached hydrogens (primary N) is 1. The molecule has 3 aromatic rings. The van der Waals surface area contributed by atoms with Gasteiger partial charge in [0, 0.05) is 30.2 Å². The third-order valence-corrected chi connectivity index (χ3v) is 5.02. The van der Waals surface area contributed by atoms with Crippen LogP contribution in [-0.2, 0) is 30.7 Å². The molecule has 7 heteroatoms. The number of halogens is 1. The van der Waals surface area contributed by atoms with E-state index >= 15 is 0 Å². The summed E-state index contributed by atoms with van der Waals surface area (Å²) in [5.74, 6) is 0.373. The highest BCUT2D eigenvalue weighted by atomic mass is 127. The summed E-state index contributed by atoms with van der Waals surface area (Å²) in [4.78, 5) is 9.07. The molecule has 0 amide bonds. The standard InChI is InChI=1S/C21H24N4OS.HI/c1-26-14-17-9-5-6-10-19(17)25-21(22)23-13-18-15-27-20(24-18)12-11-16-7-3-2-4-8-16;/h2-10,15H,11-14H2,1H3,(H3,22,23,25);1H. The Hall–Kier alpha value is -1.97. The molecule has 0 aliphatic heterocycles. The van der Waals surface area contributed by atoms with Crippen molar-refractivity contribution in [3.63, 3.8) is 0 Å². The third kappa shape index (κ3) is 6.88. The Kier molecular flexibility index (Phi) is 9.39. The smallest absolute Gasteiger partial charge is 0.193 e. The van der Waals surface area contributed by atoms with Crippen LogP contribution in [0, 0.1) is 0 Å². The summed E-state index contributed by atoms with van der Waals surface area (Å²) in [7, 11) is 1.67. The fourth-order valence-electron chi connectivity index (χ4n) is 2.70. The predicted molar refractivity (Wildman–Crippen MR) is 127 cm³/mol. The minimum atomic E-state index is 0. The van der Waals surface area contributed by atoms with E-state index in [1.54, 1.807) is 18.4 Å². The molecule has 3 N–H and O–H groups in total. The van der Waals surface area contributed by atoms with E-state index in [4.69, 9.17) is 10.5 Å². The number of benzene rings is 2. The third-order valence-electron chi connectivity index (χ3n) is 4.06. The summed E-state index contributed by atoms with van der Waals surface area (Å²) >= 11 is 1.68. The van der Waals surface area contributed by atoms with E-state index in [1.807, 2.05) is 30.3 Å². The zero-order valence-electron chi connectivity index (χ0n) is 15.8. The maximum atomic E-state index is 6.03. The first kappa shape index (κ1) is 22.3. The molecule has 0 saturated carbocycles. The van der Waals surface area contributed by atoms with Crippen molar-refractivity contribution in [2.45, 2.75) is 26.0 Å². The lowest BCUT2D eigenvalue weighted by Crippen LogP contribution is -2.23. The van der Waals surface area contributed by atoms with Crippen LogP contribution in [0.25, 0.3) is 0 Å². The molecule has 1 aromatic heterocycles. The number of hydrogen-bond donors (Lipinski definition) is 2. The summed E-state index contributed by atoms with van der Waals surface area (Å²) < 4.78 is 5.21. The maximum absolute atomic E-state index is 6.03. The first-order valence-electron chi connectivity index (χ1n) is 8.85. The van der Waals surface area contributed by atoms with Crippen LogP contribution in [0.4, 0.5) is 5.69 Å². The molecular formula is C21H25IN4OS. The van der Waals surface area contributed by atoms with Crippen LogP contribution in [0.5, 0.6) is 0 Å². The Morgan fingerprint density at radius 2 is 1.86 bits per heavy atom. The van der Waals surface area contributed by atoms with Crippen molar-refractivity contribution in [1.29, 1.82) is 0 Å². The Bertz CT molecular complexity index is 883. The zero-order valence-corrected chi connectivity index (χ0v) is 18.9. The number of ether oxygens (including phenoxy) is 1. The summed E-state index contributed by atoms with van der Waals surface area (Å²) in [6, 6.07) is 18.3. The Morgan fingerprint density at radius 3 is 2.64 bits per heavy atom. The van der Waals surface area contributed by atoms with Gasteiger partial charge in [0.15, 0.2) is 5.96 Å². The molecule has 0 aliphatic rings. The van der Waals surface area contributed by atoms with Crippen LogP contribution in [0.2, 0.25) is 0 Å². The van der Waals surface area contributed by atoms with Crippen molar-refractivity contribution >= 4 is 47.0 Å². The van der Waals surface area contributed by atoms with Crippen molar-refractivity contribution < 1.29 is 4.74 Å². The number of guanidine groups is 1. The lowest BCUT2D eigenvalue weighted by atomic mass is 10.1. The number of thiazole rings is 1. The van der Waals surface area contributed by atoms with Crippen LogP contribution in [0.3, 0.4) is 0 Å². The molecule has 0 radical (unpaired) electrons. The van der Waals surface area contributed by atoms with Gasteiger partial charge in [0.05, 0.1) is 23.9 Å². The van der Waals surface area contributed by atoms with Gasteiger partial charge in [-0.2, -0.15) is 0 Å². The summed E-state index contributed by atoms with van der Waals surface area (Å²) in [6.07, 6.45) is 1.94. The summed E-state index contributed by atoms with van der Waals surface area (Å²) in [5, 5.41) is 6.32. The Morgan fingerprint density at radius 1 is 1.11 bits per heavy atom. The Balaban J connectivity index is 0.00000280. The van der Waals surface area contributed by atoms with E-state index in [9.17, 15) is 0 Å². The monoisotopic (exact) mass is 508 g/mol. The van der Waals surface area contributed by atoms with E-state index < -0.39 is 0 Å². The number of aliphatic imine (C=N–C) groups is 1. The molecule has 1 heterocycles. The minimum Gasteiger partial charge on any atom is -0.380 e. The van der Waals surface area contributed by atoms with E-state index in [0.717, 1.165) is 34.8 Å². The van der Waals surface area contributed by atoms with Gasteiger partial charge in [0.1, 0.15) is 0 Å². The highest BCUT2D eigenvalue weighted by Crippen LogP contribution is 2.16. The first-order valence-corrected chi connectivity index (χ1v) is 9.73. The fraction of sp³-hybridized carbons (Fsp3) is 0.238. The average molecular weight is 508 g/mol. The van der Waals surface area contributed by atoms with Gasteiger partial charge in [-0.15, -0.1) is 35.3 Å². The van der Waals surface area contributed by atoms with Crippen molar-refractivity contribution in [3.8, 4) is 0 Å². The van der Waals surface area contributed by atoms with E-state index in [1.165, 1.54) is 5.56 Å². The van der Waals surface area contributed by atoms with Crippen LogP contribution < -0.4 is 11.1 Å². The molecular weight excluding hydrogens is 483 g/mol. The van der Waals surface area contributed by atoms with Crippen LogP contribution in [0.1, 0.15) is 21.8 Å². The van der Waals surface area contributed by atoms with Crippen LogP contribution in [-0.4, -0.2) is 18.1 Å². The van der Waals surface area contributed by atoms with Gasteiger partial charge >= 0.3 is 0 Å². The zero-order chi connectivity index (χ0) is 18.9. The second kappa shape index (κ2) is 11.8. The van der Waals surface area contributed by atoms with Crippen molar-refractivity contribution in [3.05, 3.63) is 81.8 Å². The van der Waals surface area contributed by atoms with E-state index in [0.29, 0.717) is 19.1 Å². The lowest BCUT2D eigenvalue weighted by molar-refractivity contribution is 0.185. The summed E-state index contributed by atoms with van der Waals surface area (Å²) in [5.41, 5.74) is 10.2. The number of aromatic nitrogens is 1. The number of rotatable bonds is 8. The number of methoxy groups -OCH3 is 1. The number of aryl methyl sites for hydroxylation is 2. The maximum Gasteiger partial charge on any atom is 0.193 e. The van der Waals surface area contributed by atoms with Gasteiger partial charge < -0.3 is 15.8 Å². The molecule has 0 aliphatic carbocycles. The van der Waals surface area contributed by atoms with Gasteiger partial charge in [0.25, 0.3) is 0 Å². The number of para-hydroxylation sites is 1. The minimum absolute atomic E-state index is 0. The van der Waals surface area contributed by atoms with Gasteiger partial charge in [-0.25, -0.2) is 9.98 Å². The fourth-order valence-corrected chi connectivity index (χ4v) is 3.49. The van der Waals surface area contributed by atoms with Crippen LogP contribution >= 0.6 is 35.3 Å². The quantitative estimate of drug-likeness (QED) is 0.265. The lowest BCUT2D eigenvalue weighted by Gasteiger charge is -2.10. The normalized spacial score (nSPS) is 11.1. The second-order valence-electron chi connectivity index (χ2n) is 6.13. The molecule has 0 fully saturated rings. The van der Waals surface area contributed by atoms with Crippen molar-refractivity contribution in [2.75, 3.05) is 12.4 Å². The second-order valence-corrected chi connectivity index (χ2v) is 7.08. The molecule has 5 nitrogen and oxygen atoms in total. The van der Waals surface area contributed by atoms with E-state index in [-0.39, 0.29) is 24.0 Å². The molecule has 0 bridgehead atoms. The molecule has 3 rings (SSSR count). The molecule has 0 unspecified atom stereocenters. The molecule has 0 spiro atoms. The van der Waals surface area contributed by atoms with Gasteiger partial charge in [-0.05, 0) is 18.1 Å². The van der Waals surface area contributed by atoms with Gasteiger partial charge in [-0.1, -0.05) is 48.5 Å². The first-order chi connectivity index (χ1) is 13.2.